The van der Waals surface area contributed by atoms with Gasteiger partial charge in [-0.1, -0.05) is 36.4 Å². The minimum atomic E-state index is -0.276. The highest BCUT2D eigenvalue weighted by molar-refractivity contribution is 5.89. The van der Waals surface area contributed by atoms with Gasteiger partial charge in [-0.15, -0.1) is 0 Å². The van der Waals surface area contributed by atoms with Gasteiger partial charge in [-0.25, -0.2) is 14.5 Å². The number of amides is 2. The monoisotopic (exact) mass is 307 g/mol. The summed E-state index contributed by atoms with van der Waals surface area (Å²) in [7, 11) is 0. The molecule has 23 heavy (non-hydrogen) atoms. The molecule has 0 bridgehead atoms. The minimum Gasteiger partial charge on any atom is -0.331 e. The van der Waals surface area contributed by atoms with Crippen LogP contribution in [0.4, 0.5) is 10.5 Å². The maximum atomic E-state index is 12.1. The number of carbonyl (C=O) groups is 1. The van der Waals surface area contributed by atoms with Gasteiger partial charge in [0.2, 0.25) is 0 Å². The largest absolute Gasteiger partial charge is 0.331 e. The molecule has 1 aromatic carbocycles. The van der Waals surface area contributed by atoms with Crippen LogP contribution >= 0.6 is 0 Å². The molecule has 2 aromatic heterocycles. The van der Waals surface area contributed by atoms with Crippen LogP contribution in [-0.4, -0.2) is 20.8 Å². The molecule has 0 saturated carbocycles. The van der Waals surface area contributed by atoms with Crippen LogP contribution in [0.5, 0.6) is 0 Å². The van der Waals surface area contributed by atoms with Crippen LogP contribution in [0.3, 0.4) is 0 Å². The summed E-state index contributed by atoms with van der Waals surface area (Å²) in [6.07, 6.45) is 4.99. The lowest BCUT2D eigenvalue weighted by atomic mass is 10.1. The van der Waals surface area contributed by atoms with Crippen molar-refractivity contribution in [3.05, 3.63) is 72.7 Å². The Morgan fingerprint density at radius 1 is 1.13 bits per heavy atom. The fourth-order valence-electron chi connectivity index (χ4n) is 2.19. The van der Waals surface area contributed by atoms with Gasteiger partial charge >= 0.3 is 6.03 Å². The number of anilines is 1. The van der Waals surface area contributed by atoms with Crippen molar-refractivity contribution in [2.24, 2.45) is 0 Å². The zero-order valence-corrected chi connectivity index (χ0v) is 12.7. The van der Waals surface area contributed by atoms with E-state index < -0.39 is 0 Å². The Labute approximate surface area is 134 Å². The molecule has 3 rings (SSSR count). The normalized spacial score (nSPS) is 11.7. The molecule has 0 aliphatic carbocycles. The number of pyridine rings is 1. The minimum absolute atomic E-state index is 0.0814. The summed E-state index contributed by atoms with van der Waals surface area (Å²) in [4.78, 5) is 16.3. The van der Waals surface area contributed by atoms with E-state index in [1.165, 1.54) is 0 Å². The van der Waals surface area contributed by atoms with Crippen molar-refractivity contribution in [1.82, 2.24) is 20.1 Å². The van der Waals surface area contributed by atoms with Gasteiger partial charge in [-0.2, -0.15) is 5.10 Å². The van der Waals surface area contributed by atoms with Gasteiger partial charge in [0, 0.05) is 6.20 Å². The molecule has 2 N–H and O–H groups in total. The average molecular weight is 307 g/mol. The van der Waals surface area contributed by atoms with Crippen molar-refractivity contribution < 1.29 is 4.79 Å². The highest BCUT2D eigenvalue weighted by Gasteiger charge is 2.10. The molecule has 0 unspecified atom stereocenters. The molecule has 0 fully saturated rings. The molecular weight excluding hydrogens is 290 g/mol. The molecule has 0 aliphatic heterocycles. The van der Waals surface area contributed by atoms with Crippen molar-refractivity contribution in [2.75, 3.05) is 5.32 Å². The Kier molecular flexibility index (Phi) is 4.33. The maximum absolute atomic E-state index is 12.1. The SMILES string of the molecule is C[C@@H](NC(=O)Nc1cnn(-c2ccccn2)c1)c1ccccc1. The van der Waals surface area contributed by atoms with Crippen LogP contribution in [0.15, 0.2) is 67.1 Å². The molecule has 2 heterocycles. The van der Waals surface area contributed by atoms with Gasteiger partial charge in [0.05, 0.1) is 24.1 Å². The first kappa shape index (κ1) is 14.8. The van der Waals surface area contributed by atoms with Gasteiger partial charge in [-0.3, -0.25) is 0 Å². The van der Waals surface area contributed by atoms with Crippen molar-refractivity contribution in [1.29, 1.82) is 0 Å². The van der Waals surface area contributed by atoms with E-state index in [-0.39, 0.29) is 12.1 Å². The van der Waals surface area contributed by atoms with E-state index in [0.29, 0.717) is 11.5 Å². The van der Waals surface area contributed by atoms with E-state index >= 15 is 0 Å². The zero-order valence-electron chi connectivity index (χ0n) is 12.7. The number of nitrogens with one attached hydrogen (secondary N) is 2. The van der Waals surface area contributed by atoms with E-state index in [1.807, 2.05) is 55.5 Å². The van der Waals surface area contributed by atoms with E-state index in [0.717, 1.165) is 5.56 Å². The lowest BCUT2D eigenvalue weighted by Crippen LogP contribution is -2.31. The Hall–Kier alpha value is -3.15. The summed E-state index contributed by atoms with van der Waals surface area (Å²) in [5.41, 5.74) is 1.65. The molecule has 116 valence electrons. The standard InChI is InChI=1S/C17H17N5O/c1-13(14-7-3-2-4-8-14)20-17(23)21-15-11-19-22(12-15)16-9-5-6-10-18-16/h2-13H,1H3,(H2,20,21,23)/t13-/m1/s1. The Morgan fingerprint density at radius 2 is 1.91 bits per heavy atom. The summed E-state index contributed by atoms with van der Waals surface area (Å²) in [5.74, 6) is 0.693. The highest BCUT2D eigenvalue weighted by atomic mass is 16.2. The maximum Gasteiger partial charge on any atom is 0.319 e. The van der Waals surface area contributed by atoms with Crippen molar-refractivity contribution in [3.8, 4) is 5.82 Å². The van der Waals surface area contributed by atoms with Crippen LogP contribution in [0.2, 0.25) is 0 Å². The fraction of sp³-hybridized carbons (Fsp3) is 0.118. The Bertz CT molecular complexity index is 770. The van der Waals surface area contributed by atoms with E-state index in [4.69, 9.17) is 0 Å². The van der Waals surface area contributed by atoms with Gasteiger partial charge in [-0.05, 0) is 24.6 Å². The Morgan fingerprint density at radius 3 is 2.65 bits per heavy atom. The third-order valence-corrected chi connectivity index (χ3v) is 3.37. The summed E-state index contributed by atoms with van der Waals surface area (Å²) in [6, 6.07) is 15.0. The number of nitrogens with zero attached hydrogens (tertiary/aromatic N) is 3. The predicted octanol–water partition coefficient (Wildman–Crippen LogP) is 3.15. The number of rotatable bonds is 4. The smallest absolute Gasteiger partial charge is 0.319 e. The molecule has 6 heteroatoms. The second-order valence-electron chi connectivity index (χ2n) is 5.09. The van der Waals surface area contributed by atoms with E-state index in [1.54, 1.807) is 23.3 Å². The second kappa shape index (κ2) is 6.74. The third kappa shape index (κ3) is 3.74. The van der Waals surface area contributed by atoms with Crippen molar-refractivity contribution >= 4 is 11.7 Å². The first-order valence-corrected chi connectivity index (χ1v) is 7.31. The second-order valence-corrected chi connectivity index (χ2v) is 5.09. The summed E-state index contributed by atoms with van der Waals surface area (Å²) in [6.45, 7) is 1.94. The van der Waals surface area contributed by atoms with Gasteiger partial charge in [0.1, 0.15) is 0 Å². The molecule has 3 aromatic rings. The first-order valence-electron chi connectivity index (χ1n) is 7.31. The number of hydrogen-bond acceptors (Lipinski definition) is 3. The van der Waals surface area contributed by atoms with Crippen molar-refractivity contribution in [3.63, 3.8) is 0 Å². The molecule has 0 saturated heterocycles. The predicted molar refractivity (Wildman–Crippen MR) is 88.4 cm³/mol. The van der Waals surface area contributed by atoms with Crippen LogP contribution in [0.1, 0.15) is 18.5 Å². The molecule has 1 atom stereocenters. The van der Waals surface area contributed by atoms with Crippen LogP contribution in [0.25, 0.3) is 5.82 Å². The van der Waals surface area contributed by atoms with Crippen LogP contribution in [0, 0.1) is 0 Å². The Balaban J connectivity index is 1.61. The molecule has 0 spiro atoms. The summed E-state index contributed by atoms with van der Waals surface area (Å²) < 4.78 is 1.61. The zero-order chi connectivity index (χ0) is 16.1. The molecule has 0 aliphatic rings. The van der Waals surface area contributed by atoms with Crippen LogP contribution < -0.4 is 10.6 Å². The van der Waals surface area contributed by atoms with Crippen molar-refractivity contribution in [2.45, 2.75) is 13.0 Å². The number of benzene rings is 1. The lowest BCUT2D eigenvalue weighted by Gasteiger charge is -2.14. The topological polar surface area (TPSA) is 71.8 Å². The molecule has 6 nitrogen and oxygen atoms in total. The number of urea groups is 1. The molecule has 2 amide bonds. The number of carbonyl (C=O) groups excluding carboxylic acids is 1. The first-order chi connectivity index (χ1) is 11.2. The van der Waals surface area contributed by atoms with Gasteiger partial charge in [0.25, 0.3) is 0 Å². The van der Waals surface area contributed by atoms with E-state index in [2.05, 4.69) is 20.7 Å². The lowest BCUT2D eigenvalue weighted by molar-refractivity contribution is 0.249. The third-order valence-electron chi connectivity index (χ3n) is 3.37. The summed E-state index contributed by atoms with van der Waals surface area (Å²) >= 11 is 0. The molecule has 0 radical (unpaired) electrons. The quantitative estimate of drug-likeness (QED) is 0.777. The van der Waals surface area contributed by atoms with E-state index in [9.17, 15) is 4.79 Å². The van der Waals surface area contributed by atoms with Gasteiger partial charge < -0.3 is 10.6 Å². The number of aromatic nitrogens is 3. The van der Waals surface area contributed by atoms with Crippen LogP contribution in [-0.2, 0) is 0 Å². The fourth-order valence-corrected chi connectivity index (χ4v) is 2.19. The average Bonchev–Trinajstić information content (AvgIpc) is 3.04. The molecular formula is C17H17N5O. The summed E-state index contributed by atoms with van der Waals surface area (Å²) in [5, 5.41) is 9.85. The number of hydrogen-bond donors (Lipinski definition) is 2. The van der Waals surface area contributed by atoms with Gasteiger partial charge in [0.15, 0.2) is 5.82 Å². The highest BCUT2D eigenvalue weighted by Crippen LogP contribution is 2.13.